The molecule has 1 aromatic heterocycles. The van der Waals surface area contributed by atoms with E-state index < -0.39 is 0 Å². The number of nitrogen functional groups attached to an aromatic ring is 1. The molecule has 24 heavy (non-hydrogen) atoms. The molecule has 0 fully saturated rings. The van der Waals surface area contributed by atoms with E-state index in [0.29, 0.717) is 22.3 Å². The lowest BCUT2D eigenvalue weighted by atomic mass is 10.1. The molecule has 0 aliphatic carbocycles. The fraction of sp³-hybridized carbons (Fsp3) is 0.111. The molecule has 5 nitrogen and oxygen atoms in total. The largest absolute Gasteiger partial charge is 0.393 e. The summed E-state index contributed by atoms with van der Waals surface area (Å²) in [6.45, 7) is 2.12. The van der Waals surface area contributed by atoms with Gasteiger partial charge in [0.05, 0.1) is 10.7 Å². The van der Waals surface area contributed by atoms with E-state index in [1.807, 2.05) is 30.3 Å². The molecule has 0 aliphatic heterocycles. The van der Waals surface area contributed by atoms with Crippen molar-refractivity contribution >= 4 is 40.3 Å². The Morgan fingerprint density at radius 3 is 2.29 bits per heavy atom. The molecule has 0 bridgehead atoms. The summed E-state index contributed by atoms with van der Waals surface area (Å²) in [4.78, 5) is 8.42. The summed E-state index contributed by atoms with van der Waals surface area (Å²) in [5.41, 5.74) is 9.55. The number of halogens is 1. The van der Waals surface area contributed by atoms with Crippen molar-refractivity contribution in [2.45, 2.75) is 13.3 Å². The maximum Gasteiger partial charge on any atom is 0.159 e. The predicted molar refractivity (Wildman–Crippen MR) is 100 cm³/mol. The molecule has 122 valence electrons. The van der Waals surface area contributed by atoms with Crippen LogP contribution in [0.2, 0.25) is 5.02 Å². The minimum Gasteiger partial charge on any atom is -0.393 e. The molecule has 0 amide bonds. The summed E-state index contributed by atoms with van der Waals surface area (Å²) in [5, 5.41) is 6.95. The fourth-order valence-electron chi connectivity index (χ4n) is 2.25. The molecule has 0 atom stereocenters. The Hall–Kier alpha value is -2.79. The van der Waals surface area contributed by atoms with Gasteiger partial charge in [0.1, 0.15) is 12.0 Å². The van der Waals surface area contributed by atoms with E-state index >= 15 is 0 Å². The Bertz CT molecular complexity index is 833. The highest BCUT2D eigenvalue weighted by Gasteiger charge is 2.10. The number of anilines is 5. The van der Waals surface area contributed by atoms with Gasteiger partial charge >= 0.3 is 0 Å². The van der Waals surface area contributed by atoms with Crippen molar-refractivity contribution in [3.63, 3.8) is 0 Å². The van der Waals surface area contributed by atoms with Gasteiger partial charge in [0, 0.05) is 5.69 Å². The van der Waals surface area contributed by atoms with Crippen molar-refractivity contribution in [1.82, 2.24) is 9.97 Å². The van der Waals surface area contributed by atoms with Crippen molar-refractivity contribution in [3.05, 3.63) is 65.4 Å². The van der Waals surface area contributed by atoms with Crippen molar-refractivity contribution in [1.29, 1.82) is 0 Å². The highest BCUT2D eigenvalue weighted by Crippen LogP contribution is 2.30. The van der Waals surface area contributed by atoms with Gasteiger partial charge in [0.15, 0.2) is 11.6 Å². The maximum absolute atomic E-state index is 6.19. The Balaban J connectivity index is 1.83. The third-order valence-electron chi connectivity index (χ3n) is 3.64. The highest BCUT2D eigenvalue weighted by atomic mass is 35.5. The van der Waals surface area contributed by atoms with Crippen molar-refractivity contribution < 1.29 is 0 Å². The number of hydrogen-bond acceptors (Lipinski definition) is 5. The first-order chi connectivity index (χ1) is 11.7. The molecule has 0 aliphatic rings. The third kappa shape index (κ3) is 3.58. The lowest BCUT2D eigenvalue weighted by Gasteiger charge is -2.13. The van der Waals surface area contributed by atoms with Gasteiger partial charge in [-0.3, -0.25) is 0 Å². The molecular formula is C18H18ClN5. The molecule has 0 spiro atoms. The smallest absolute Gasteiger partial charge is 0.159 e. The highest BCUT2D eigenvalue weighted by molar-refractivity contribution is 6.33. The number of para-hydroxylation sites is 1. The van der Waals surface area contributed by atoms with Crippen LogP contribution in [0.5, 0.6) is 0 Å². The van der Waals surface area contributed by atoms with Gasteiger partial charge in [-0.15, -0.1) is 0 Å². The number of hydrogen-bond donors (Lipinski definition) is 3. The molecule has 0 saturated carbocycles. The Kier molecular flexibility index (Phi) is 4.82. The molecule has 0 unspecified atom stereocenters. The number of rotatable bonds is 5. The zero-order valence-corrected chi connectivity index (χ0v) is 14.0. The number of aromatic nitrogens is 2. The van der Waals surface area contributed by atoms with Crippen LogP contribution in [-0.4, -0.2) is 9.97 Å². The number of nitrogens with one attached hydrogen (secondary N) is 2. The van der Waals surface area contributed by atoms with Crippen molar-refractivity contribution in [3.8, 4) is 0 Å². The molecule has 6 heteroatoms. The summed E-state index contributed by atoms with van der Waals surface area (Å²) in [6, 6.07) is 15.6. The number of benzene rings is 2. The summed E-state index contributed by atoms with van der Waals surface area (Å²) in [5.74, 6) is 1.05. The van der Waals surface area contributed by atoms with Crippen LogP contribution < -0.4 is 16.4 Å². The standard InChI is InChI=1S/C18H18ClN5/c1-2-12-7-9-13(10-8-12)23-17-16(20)18(22-11-21-17)24-15-6-4-3-5-14(15)19/h3-11H,2,20H2,1H3,(H2,21,22,23,24). The zero-order chi connectivity index (χ0) is 16.9. The van der Waals surface area contributed by atoms with Crippen LogP contribution in [0.3, 0.4) is 0 Å². The molecule has 0 saturated heterocycles. The van der Waals surface area contributed by atoms with E-state index in [0.717, 1.165) is 17.8 Å². The minimum absolute atomic E-state index is 0.428. The molecule has 3 rings (SSSR count). The molecule has 2 aromatic carbocycles. The molecule has 0 radical (unpaired) electrons. The number of nitrogens with two attached hydrogens (primary N) is 1. The number of nitrogens with zero attached hydrogens (tertiary/aromatic N) is 2. The molecule has 1 heterocycles. The maximum atomic E-state index is 6.19. The van der Waals surface area contributed by atoms with Gasteiger partial charge in [-0.2, -0.15) is 0 Å². The Morgan fingerprint density at radius 2 is 1.62 bits per heavy atom. The first kappa shape index (κ1) is 16.1. The van der Waals surface area contributed by atoms with E-state index in [-0.39, 0.29) is 0 Å². The first-order valence-corrected chi connectivity index (χ1v) is 8.03. The van der Waals surface area contributed by atoms with E-state index in [4.69, 9.17) is 17.3 Å². The van der Waals surface area contributed by atoms with E-state index in [1.165, 1.54) is 11.9 Å². The SMILES string of the molecule is CCc1ccc(Nc2ncnc(Nc3ccccc3Cl)c2N)cc1. The zero-order valence-electron chi connectivity index (χ0n) is 13.3. The summed E-state index contributed by atoms with van der Waals surface area (Å²) in [7, 11) is 0. The first-order valence-electron chi connectivity index (χ1n) is 7.65. The summed E-state index contributed by atoms with van der Waals surface area (Å²) in [6.07, 6.45) is 2.46. The summed E-state index contributed by atoms with van der Waals surface area (Å²) >= 11 is 6.16. The van der Waals surface area contributed by atoms with Gasteiger partial charge in [0.2, 0.25) is 0 Å². The number of aryl methyl sites for hydroxylation is 1. The molecule has 3 aromatic rings. The third-order valence-corrected chi connectivity index (χ3v) is 3.97. The average molecular weight is 340 g/mol. The lowest BCUT2D eigenvalue weighted by Crippen LogP contribution is -2.05. The monoisotopic (exact) mass is 339 g/mol. The van der Waals surface area contributed by atoms with E-state index in [9.17, 15) is 0 Å². The van der Waals surface area contributed by atoms with Crippen LogP contribution in [0.15, 0.2) is 54.9 Å². The average Bonchev–Trinajstić information content (AvgIpc) is 2.61. The Labute approximate surface area is 145 Å². The topological polar surface area (TPSA) is 75.9 Å². The quantitative estimate of drug-likeness (QED) is 0.624. The summed E-state index contributed by atoms with van der Waals surface area (Å²) < 4.78 is 0. The van der Waals surface area contributed by atoms with Crippen LogP contribution >= 0.6 is 11.6 Å². The van der Waals surface area contributed by atoms with E-state index in [1.54, 1.807) is 6.07 Å². The van der Waals surface area contributed by atoms with E-state index in [2.05, 4.69) is 39.7 Å². The van der Waals surface area contributed by atoms with Gasteiger partial charge in [-0.1, -0.05) is 42.8 Å². The normalized spacial score (nSPS) is 10.4. The second kappa shape index (κ2) is 7.19. The van der Waals surface area contributed by atoms with Crippen LogP contribution in [-0.2, 0) is 6.42 Å². The second-order valence-corrected chi connectivity index (χ2v) is 5.67. The van der Waals surface area contributed by atoms with Gasteiger partial charge in [0.25, 0.3) is 0 Å². The van der Waals surface area contributed by atoms with Crippen LogP contribution in [0.4, 0.5) is 28.7 Å². The second-order valence-electron chi connectivity index (χ2n) is 5.26. The molecular weight excluding hydrogens is 322 g/mol. The van der Waals surface area contributed by atoms with Gasteiger partial charge < -0.3 is 16.4 Å². The lowest BCUT2D eigenvalue weighted by molar-refractivity contribution is 1.14. The van der Waals surface area contributed by atoms with Crippen LogP contribution in [0.1, 0.15) is 12.5 Å². The van der Waals surface area contributed by atoms with Crippen LogP contribution in [0.25, 0.3) is 0 Å². The minimum atomic E-state index is 0.428. The van der Waals surface area contributed by atoms with Gasteiger partial charge in [-0.25, -0.2) is 9.97 Å². The fourth-order valence-corrected chi connectivity index (χ4v) is 2.43. The predicted octanol–water partition coefficient (Wildman–Crippen LogP) is 4.76. The van der Waals surface area contributed by atoms with Crippen molar-refractivity contribution in [2.75, 3.05) is 16.4 Å². The van der Waals surface area contributed by atoms with Crippen LogP contribution in [0, 0.1) is 0 Å². The molecule has 4 N–H and O–H groups in total. The van der Waals surface area contributed by atoms with Gasteiger partial charge in [-0.05, 0) is 36.2 Å². The van der Waals surface area contributed by atoms with Crippen molar-refractivity contribution in [2.24, 2.45) is 0 Å². The Morgan fingerprint density at radius 1 is 0.958 bits per heavy atom.